The third kappa shape index (κ3) is 2.34. The van der Waals surface area contributed by atoms with Crippen LogP contribution < -0.4 is 0 Å². The Morgan fingerprint density at radius 3 is 2.73 bits per heavy atom. The molecular formula is C12H14O2S. The van der Waals surface area contributed by atoms with Crippen molar-refractivity contribution in [1.29, 1.82) is 0 Å². The number of thioether (sulfide) groups is 1. The number of aliphatic carboxylic acids is 1. The topological polar surface area (TPSA) is 37.3 Å². The molecule has 0 aromatic heterocycles. The Bertz CT molecular complexity index is 337. The molecule has 0 radical (unpaired) electrons. The van der Waals surface area contributed by atoms with Gasteiger partial charge in [-0.2, -0.15) is 11.8 Å². The van der Waals surface area contributed by atoms with E-state index < -0.39 is 5.97 Å². The molecule has 80 valence electrons. The summed E-state index contributed by atoms with van der Waals surface area (Å²) in [5.74, 6) is 1.24. The Labute approximate surface area is 93.7 Å². The van der Waals surface area contributed by atoms with Crippen molar-refractivity contribution in [2.75, 3.05) is 11.5 Å². The van der Waals surface area contributed by atoms with Crippen LogP contribution in [0, 0.1) is 5.92 Å². The first-order valence-corrected chi connectivity index (χ1v) is 6.30. The molecule has 0 saturated carbocycles. The third-order valence-corrected chi connectivity index (χ3v) is 4.02. The van der Waals surface area contributed by atoms with E-state index in [1.54, 1.807) is 0 Å². The Morgan fingerprint density at radius 1 is 1.33 bits per heavy atom. The van der Waals surface area contributed by atoms with E-state index in [1.165, 1.54) is 0 Å². The lowest BCUT2D eigenvalue weighted by Crippen LogP contribution is -2.27. The SMILES string of the molecule is O=C(O)C1CCSCC1c1ccccc1. The molecule has 2 nitrogen and oxygen atoms in total. The van der Waals surface area contributed by atoms with Crippen molar-refractivity contribution in [1.82, 2.24) is 0 Å². The average molecular weight is 222 g/mol. The molecular weight excluding hydrogens is 208 g/mol. The first-order chi connectivity index (χ1) is 7.29. The second kappa shape index (κ2) is 4.71. The second-order valence-electron chi connectivity index (χ2n) is 3.83. The number of rotatable bonds is 2. The van der Waals surface area contributed by atoms with Gasteiger partial charge >= 0.3 is 5.97 Å². The van der Waals surface area contributed by atoms with Crippen LogP contribution in [0.3, 0.4) is 0 Å². The van der Waals surface area contributed by atoms with Gasteiger partial charge in [0.25, 0.3) is 0 Å². The molecule has 1 heterocycles. The molecule has 0 bridgehead atoms. The van der Waals surface area contributed by atoms with E-state index in [9.17, 15) is 4.79 Å². The Kier molecular flexibility index (Phi) is 3.31. The van der Waals surface area contributed by atoms with E-state index in [-0.39, 0.29) is 11.8 Å². The van der Waals surface area contributed by atoms with Crippen LogP contribution in [-0.2, 0) is 4.79 Å². The molecule has 0 amide bonds. The van der Waals surface area contributed by atoms with Crippen LogP contribution in [-0.4, -0.2) is 22.6 Å². The Morgan fingerprint density at radius 2 is 2.07 bits per heavy atom. The number of hydrogen-bond acceptors (Lipinski definition) is 2. The molecule has 1 aliphatic rings. The van der Waals surface area contributed by atoms with Crippen LogP contribution in [0.15, 0.2) is 30.3 Å². The van der Waals surface area contributed by atoms with Gasteiger partial charge in [-0.3, -0.25) is 4.79 Å². The molecule has 2 rings (SSSR count). The first kappa shape index (κ1) is 10.6. The minimum atomic E-state index is -0.649. The molecule has 0 spiro atoms. The van der Waals surface area contributed by atoms with Crippen molar-refractivity contribution >= 4 is 17.7 Å². The number of benzene rings is 1. The molecule has 1 aliphatic heterocycles. The summed E-state index contributed by atoms with van der Waals surface area (Å²) in [6.07, 6.45) is 0.791. The first-order valence-electron chi connectivity index (χ1n) is 5.14. The molecule has 0 aliphatic carbocycles. The smallest absolute Gasteiger partial charge is 0.307 e. The number of carboxylic acid groups (broad SMARTS) is 1. The quantitative estimate of drug-likeness (QED) is 0.835. The van der Waals surface area contributed by atoms with Crippen LogP contribution in [0.5, 0.6) is 0 Å². The van der Waals surface area contributed by atoms with E-state index in [0.717, 1.165) is 23.5 Å². The fourth-order valence-corrected chi connectivity index (χ4v) is 3.33. The summed E-state index contributed by atoms with van der Waals surface area (Å²) in [7, 11) is 0. The van der Waals surface area contributed by atoms with E-state index in [0.29, 0.717) is 0 Å². The van der Waals surface area contributed by atoms with Gasteiger partial charge in [0.1, 0.15) is 0 Å². The fourth-order valence-electron chi connectivity index (χ4n) is 2.06. The van der Waals surface area contributed by atoms with Gasteiger partial charge in [-0.05, 0) is 17.7 Å². The van der Waals surface area contributed by atoms with E-state index >= 15 is 0 Å². The van der Waals surface area contributed by atoms with Gasteiger partial charge in [0, 0.05) is 11.7 Å². The fraction of sp³-hybridized carbons (Fsp3) is 0.417. The van der Waals surface area contributed by atoms with Crippen LogP contribution in [0.25, 0.3) is 0 Å². The highest BCUT2D eigenvalue weighted by Crippen LogP contribution is 2.36. The lowest BCUT2D eigenvalue weighted by atomic mass is 9.85. The van der Waals surface area contributed by atoms with Gasteiger partial charge < -0.3 is 5.11 Å². The standard InChI is InChI=1S/C12H14O2S/c13-12(14)10-6-7-15-8-11(10)9-4-2-1-3-5-9/h1-5,10-11H,6-8H2,(H,13,14). The largest absolute Gasteiger partial charge is 0.481 e. The van der Waals surface area contributed by atoms with Gasteiger partial charge in [0.2, 0.25) is 0 Å². The molecule has 1 N–H and O–H groups in total. The summed E-state index contributed by atoms with van der Waals surface area (Å²) in [6, 6.07) is 10.00. The zero-order valence-corrected chi connectivity index (χ0v) is 9.24. The van der Waals surface area contributed by atoms with Gasteiger partial charge in [-0.1, -0.05) is 30.3 Å². The lowest BCUT2D eigenvalue weighted by molar-refractivity contribution is -0.142. The van der Waals surface area contributed by atoms with Crippen molar-refractivity contribution in [3.8, 4) is 0 Å². The summed E-state index contributed by atoms with van der Waals surface area (Å²) in [6.45, 7) is 0. The van der Waals surface area contributed by atoms with Crippen LogP contribution in [0.1, 0.15) is 17.9 Å². The summed E-state index contributed by atoms with van der Waals surface area (Å²) in [5, 5.41) is 9.16. The highest BCUT2D eigenvalue weighted by atomic mass is 32.2. The zero-order valence-electron chi connectivity index (χ0n) is 8.43. The molecule has 2 atom stereocenters. The van der Waals surface area contributed by atoms with Crippen LogP contribution in [0.4, 0.5) is 0 Å². The summed E-state index contributed by atoms with van der Waals surface area (Å²) in [5.41, 5.74) is 1.16. The van der Waals surface area contributed by atoms with Crippen molar-refractivity contribution in [3.05, 3.63) is 35.9 Å². The zero-order chi connectivity index (χ0) is 10.7. The number of hydrogen-bond donors (Lipinski definition) is 1. The minimum Gasteiger partial charge on any atom is -0.481 e. The summed E-state index contributed by atoms with van der Waals surface area (Å²) < 4.78 is 0. The molecule has 15 heavy (non-hydrogen) atoms. The lowest BCUT2D eigenvalue weighted by Gasteiger charge is -2.28. The van der Waals surface area contributed by atoms with Gasteiger partial charge in [0.05, 0.1) is 5.92 Å². The third-order valence-electron chi connectivity index (χ3n) is 2.90. The van der Waals surface area contributed by atoms with Gasteiger partial charge in [-0.25, -0.2) is 0 Å². The maximum absolute atomic E-state index is 11.1. The van der Waals surface area contributed by atoms with Crippen molar-refractivity contribution < 1.29 is 9.90 Å². The van der Waals surface area contributed by atoms with Crippen LogP contribution in [0.2, 0.25) is 0 Å². The van der Waals surface area contributed by atoms with E-state index in [4.69, 9.17) is 5.11 Å². The van der Waals surface area contributed by atoms with E-state index in [2.05, 4.69) is 0 Å². The van der Waals surface area contributed by atoms with Crippen molar-refractivity contribution in [3.63, 3.8) is 0 Å². The predicted molar refractivity (Wildman–Crippen MR) is 62.3 cm³/mol. The molecule has 1 aromatic rings. The molecule has 3 heteroatoms. The van der Waals surface area contributed by atoms with Crippen molar-refractivity contribution in [2.45, 2.75) is 12.3 Å². The average Bonchev–Trinajstić information content (AvgIpc) is 2.30. The number of carboxylic acids is 1. The van der Waals surface area contributed by atoms with Gasteiger partial charge in [-0.15, -0.1) is 0 Å². The summed E-state index contributed by atoms with van der Waals surface area (Å²) in [4.78, 5) is 11.1. The highest BCUT2D eigenvalue weighted by Gasteiger charge is 2.31. The minimum absolute atomic E-state index is 0.183. The maximum Gasteiger partial charge on any atom is 0.307 e. The van der Waals surface area contributed by atoms with E-state index in [1.807, 2.05) is 42.1 Å². The maximum atomic E-state index is 11.1. The van der Waals surface area contributed by atoms with Gasteiger partial charge in [0.15, 0.2) is 0 Å². The normalized spacial score (nSPS) is 26.1. The molecule has 1 fully saturated rings. The predicted octanol–water partition coefficient (Wildman–Crippen LogP) is 2.61. The second-order valence-corrected chi connectivity index (χ2v) is 4.98. The molecule has 1 aromatic carbocycles. The number of carbonyl (C=O) groups is 1. The Hall–Kier alpha value is -0.960. The van der Waals surface area contributed by atoms with Crippen LogP contribution >= 0.6 is 11.8 Å². The highest BCUT2D eigenvalue weighted by molar-refractivity contribution is 7.99. The molecule has 1 saturated heterocycles. The molecule has 2 unspecified atom stereocenters. The monoisotopic (exact) mass is 222 g/mol. The van der Waals surface area contributed by atoms with Crippen molar-refractivity contribution in [2.24, 2.45) is 5.92 Å². The summed E-state index contributed by atoms with van der Waals surface area (Å²) >= 11 is 1.86. The Balaban J connectivity index is 2.22.